The Morgan fingerprint density at radius 3 is 2.39 bits per heavy atom. The average Bonchev–Trinajstić information content (AvgIpc) is 2.86. The van der Waals surface area contributed by atoms with Crippen LogP contribution in [0.5, 0.6) is 0 Å². The van der Waals surface area contributed by atoms with Gasteiger partial charge in [0.25, 0.3) is 5.69 Å². The molecule has 0 bridgehead atoms. The molecule has 0 amide bonds. The summed E-state index contributed by atoms with van der Waals surface area (Å²) >= 11 is 0. The number of nitrogens with one attached hydrogen (secondary N) is 1. The van der Waals surface area contributed by atoms with Crippen LogP contribution in [0.1, 0.15) is 52.0 Å². The van der Waals surface area contributed by atoms with Gasteiger partial charge in [0.15, 0.2) is 0 Å². The second-order valence-corrected chi connectivity index (χ2v) is 9.10. The Balaban J connectivity index is 2.70. The van der Waals surface area contributed by atoms with Gasteiger partial charge >= 0.3 is 11.9 Å². The quantitative estimate of drug-likeness (QED) is 0.0785. The molecule has 38 heavy (non-hydrogen) atoms. The molecule has 1 aromatic carbocycles. The van der Waals surface area contributed by atoms with Gasteiger partial charge in [-0.1, -0.05) is 24.2 Å². The van der Waals surface area contributed by atoms with E-state index in [1.165, 1.54) is 24.3 Å². The average molecular weight is 527 g/mol. The van der Waals surface area contributed by atoms with Gasteiger partial charge < -0.3 is 19.5 Å². The number of non-ortho nitro benzene ring substituents is 1. The minimum Gasteiger partial charge on any atom is -0.461 e. The Bertz CT molecular complexity index is 1200. The fourth-order valence-corrected chi connectivity index (χ4v) is 3.73. The van der Waals surface area contributed by atoms with E-state index in [1.807, 2.05) is 6.07 Å². The molecule has 1 N–H and O–H groups in total. The van der Waals surface area contributed by atoms with E-state index in [4.69, 9.17) is 25.0 Å². The van der Waals surface area contributed by atoms with Crippen molar-refractivity contribution in [3.63, 3.8) is 0 Å². The summed E-state index contributed by atoms with van der Waals surface area (Å²) in [7, 11) is 0. The lowest BCUT2D eigenvalue weighted by molar-refractivity contribution is -0.384. The van der Waals surface area contributed by atoms with Crippen molar-refractivity contribution >= 4 is 17.6 Å². The molecule has 0 saturated carbocycles. The zero-order valence-electron chi connectivity index (χ0n) is 21.7. The molecule has 1 atom stereocenters. The summed E-state index contributed by atoms with van der Waals surface area (Å²) in [6.07, 6.45) is 0.325. The summed E-state index contributed by atoms with van der Waals surface area (Å²) in [5.74, 6) is -2.47. The van der Waals surface area contributed by atoms with E-state index in [0.717, 1.165) is 0 Å². The van der Waals surface area contributed by atoms with Crippen molar-refractivity contribution in [2.45, 2.75) is 52.1 Å². The van der Waals surface area contributed by atoms with Gasteiger partial charge in [0.05, 0.1) is 53.4 Å². The molecule has 1 heterocycles. The minimum absolute atomic E-state index is 0.0187. The number of ether oxygens (including phenoxy) is 3. The number of nitro groups is 1. The highest BCUT2D eigenvalue weighted by Gasteiger charge is 2.40. The molecule has 13 nitrogen and oxygen atoms in total. The molecule has 0 radical (unpaired) electrons. The number of hydrogen-bond acceptors (Lipinski definition) is 10. The highest BCUT2D eigenvalue weighted by Crippen LogP contribution is 2.41. The Morgan fingerprint density at radius 2 is 1.84 bits per heavy atom. The zero-order chi connectivity index (χ0) is 28.3. The third kappa shape index (κ3) is 8.06. The van der Waals surface area contributed by atoms with Crippen LogP contribution in [0.4, 0.5) is 5.69 Å². The number of rotatable bonds is 12. The maximum Gasteiger partial charge on any atom is 0.337 e. The molecule has 0 saturated heterocycles. The zero-order valence-corrected chi connectivity index (χ0v) is 21.7. The van der Waals surface area contributed by atoms with Crippen molar-refractivity contribution in [3.05, 3.63) is 72.9 Å². The standard InChI is InChI=1S/C25H30N6O7/c1-5-18-21(23(32)37-13-6-11-26)20(16-7-9-17(10-8-16)31(34)35)22(24(33)38-25(2,3)4)19(29-18)15-36-14-12-28-30-27/h7-10,20,29H,5-6,12-15H2,1-4H3. The molecule has 13 heteroatoms. The van der Waals surface area contributed by atoms with E-state index in [-0.39, 0.29) is 49.6 Å². The number of nitro benzene ring substituents is 1. The Hall–Kier alpha value is -4.40. The van der Waals surface area contributed by atoms with Gasteiger partial charge in [0.2, 0.25) is 0 Å². The summed E-state index contributed by atoms with van der Waals surface area (Å²) in [5, 5.41) is 26.6. The molecule has 1 aliphatic heterocycles. The highest BCUT2D eigenvalue weighted by atomic mass is 16.6. The molecular weight excluding hydrogens is 496 g/mol. The lowest BCUT2D eigenvalue weighted by Gasteiger charge is -2.33. The highest BCUT2D eigenvalue weighted by molar-refractivity contribution is 6.00. The SMILES string of the molecule is CCC1=C(C(=O)OCCC#N)C(c2ccc([N+](=O)[O-])cc2)C(C(=O)OC(C)(C)C)=C(COCCN=[N+]=[N-])N1. The Labute approximate surface area is 219 Å². The molecule has 1 unspecified atom stereocenters. The van der Waals surface area contributed by atoms with Gasteiger partial charge in [-0.2, -0.15) is 5.26 Å². The smallest absolute Gasteiger partial charge is 0.337 e. The molecule has 2 rings (SSSR count). The number of nitrogens with zero attached hydrogens (tertiary/aromatic N) is 5. The van der Waals surface area contributed by atoms with Gasteiger partial charge in [-0.25, -0.2) is 9.59 Å². The molecule has 1 aromatic rings. The minimum atomic E-state index is -1.01. The molecule has 202 valence electrons. The first-order valence-electron chi connectivity index (χ1n) is 11.9. The Kier molecular flexibility index (Phi) is 10.8. The predicted octanol–water partition coefficient (Wildman–Crippen LogP) is 4.33. The number of dihydropyridines is 1. The topological polar surface area (TPSA) is 190 Å². The second-order valence-electron chi connectivity index (χ2n) is 9.10. The number of benzene rings is 1. The van der Waals surface area contributed by atoms with E-state index in [9.17, 15) is 19.7 Å². The number of nitriles is 1. The van der Waals surface area contributed by atoms with E-state index in [1.54, 1.807) is 27.7 Å². The number of hydrogen-bond donors (Lipinski definition) is 1. The Morgan fingerprint density at radius 1 is 1.18 bits per heavy atom. The normalized spacial score (nSPS) is 15.2. The van der Waals surface area contributed by atoms with Gasteiger partial charge in [-0.05, 0) is 38.3 Å². The molecule has 1 aliphatic rings. The predicted molar refractivity (Wildman–Crippen MR) is 135 cm³/mol. The molecule has 0 aliphatic carbocycles. The van der Waals surface area contributed by atoms with Crippen LogP contribution in [0.3, 0.4) is 0 Å². The summed E-state index contributed by atoms with van der Waals surface area (Å²) in [5.41, 5.74) is 8.85. The summed E-state index contributed by atoms with van der Waals surface area (Å²) in [6.45, 7) is 6.80. The molecular formula is C25H30N6O7. The molecule has 0 fully saturated rings. The van der Waals surface area contributed by atoms with Crippen LogP contribution in [-0.4, -0.2) is 48.8 Å². The van der Waals surface area contributed by atoms with Gasteiger partial charge in [0, 0.05) is 29.3 Å². The van der Waals surface area contributed by atoms with Crippen LogP contribution < -0.4 is 5.32 Å². The lowest BCUT2D eigenvalue weighted by Crippen LogP contribution is -2.37. The van der Waals surface area contributed by atoms with Crippen molar-refractivity contribution in [3.8, 4) is 6.07 Å². The van der Waals surface area contributed by atoms with Gasteiger partial charge in [0.1, 0.15) is 12.2 Å². The summed E-state index contributed by atoms with van der Waals surface area (Å²) in [6, 6.07) is 7.40. The first-order chi connectivity index (χ1) is 18.0. The van der Waals surface area contributed by atoms with Gasteiger partial charge in [-0.3, -0.25) is 10.1 Å². The van der Waals surface area contributed by atoms with E-state index >= 15 is 0 Å². The third-order valence-corrected chi connectivity index (χ3v) is 5.25. The van der Waals surface area contributed by atoms with Crippen molar-refractivity contribution < 1.29 is 28.7 Å². The molecule has 0 spiro atoms. The largest absolute Gasteiger partial charge is 0.461 e. The van der Waals surface area contributed by atoms with Gasteiger partial charge in [-0.15, -0.1) is 0 Å². The van der Waals surface area contributed by atoms with Crippen LogP contribution in [-0.2, 0) is 23.8 Å². The number of allylic oxidation sites excluding steroid dienone is 1. The fourth-order valence-electron chi connectivity index (χ4n) is 3.73. The van der Waals surface area contributed by atoms with E-state index in [2.05, 4.69) is 15.3 Å². The third-order valence-electron chi connectivity index (χ3n) is 5.25. The number of carbonyl (C=O) groups excluding carboxylic acids is 2. The van der Waals surface area contributed by atoms with Crippen LogP contribution in [0.2, 0.25) is 0 Å². The van der Waals surface area contributed by atoms with Crippen LogP contribution in [0, 0.1) is 21.4 Å². The summed E-state index contributed by atoms with van der Waals surface area (Å²) < 4.78 is 16.6. The van der Waals surface area contributed by atoms with Crippen LogP contribution in [0.15, 0.2) is 51.9 Å². The molecule has 0 aromatic heterocycles. The summed E-state index contributed by atoms with van der Waals surface area (Å²) in [4.78, 5) is 40.2. The van der Waals surface area contributed by atoms with Crippen molar-refractivity contribution in [2.24, 2.45) is 5.11 Å². The number of azide groups is 1. The monoisotopic (exact) mass is 526 g/mol. The first kappa shape index (κ1) is 29.8. The second kappa shape index (κ2) is 13.8. The maximum atomic E-state index is 13.6. The van der Waals surface area contributed by atoms with Crippen LogP contribution in [0.25, 0.3) is 10.4 Å². The maximum absolute atomic E-state index is 13.6. The van der Waals surface area contributed by atoms with E-state index in [0.29, 0.717) is 23.4 Å². The van der Waals surface area contributed by atoms with Crippen molar-refractivity contribution in [1.82, 2.24) is 5.32 Å². The van der Waals surface area contributed by atoms with Crippen LogP contribution >= 0.6 is 0 Å². The van der Waals surface area contributed by atoms with E-state index < -0.39 is 28.4 Å². The number of carbonyl (C=O) groups is 2. The fraction of sp³-hybridized carbons (Fsp3) is 0.480. The number of esters is 2. The first-order valence-corrected chi connectivity index (χ1v) is 11.9. The van der Waals surface area contributed by atoms with Crippen molar-refractivity contribution in [2.75, 3.05) is 26.4 Å². The van der Waals surface area contributed by atoms with Crippen molar-refractivity contribution in [1.29, 1.82) is 5.26 Å². The lowest BCUT2D eigenvalue weighted by atomic mass is 9.79.